The summed E-state index contributed by atoms with van der Waals surface area (Å²) in [4.78, 5) is 43.5. The van der Waals surface area contributed by atoms with Crippen LogP contribution < -0.4 is 10.6 Å². The van der Waals surface area contributed by atoms with Crippen LogP contribution in [0.1, 0.15) is 31.5 Å². The van der Waals surface area contributed by atoms with Gasteiger partial charge in [-0.05, 0) is 24.0 Å². The van der Waals surface area contributed by atoms with E-state index in [2.05, 4.69) is 15.6 Å². The van der Waals surface area contributed by atoms with E-state index in [1.54, 1.807) is 30.7 Å². The minimum absolute atomic E-state index is 0.00959. The number of hydrogen-bond donors (Lipinski definition) is 4. The molecule has 1 aliphatic rings. The van der Waals surface area contributed by atoms with Crippen LogP contribution in [0.25, 0.3) is 10.4 Å². The standard InChI is InChI=1S/C22H28N4O5S/c1-12(2)18(25-22(30)31)21(29)26-10-16(27)8-17(26)20(28)23-9-14-4-6-15(7-5-14)19-13(3)24-11-32-19/h4-7,11-12,16-18,25,27H,8-10H2,1-3H3,(H,23,28)(H,30,31)/t16-,17+,18?/m1/s1. The predicted molar refractivity (Wildman–Crippen MR) is 120 cm³/mol. The van der Waals surface area contributed by atoms with Crippen molar-refractivity contribution in [2.24, 2.45) is 5.92 Å². The summed E-state index contributed by atoms with van der Waals surface area (Å²) in [7, 11) is 0. The Morgan fingerprint density at radius 3 is 2.50 bits per heavy atom. The molecule has 1 aromatic heterocycles. The topological polar surface area (TPSA) is 132 Å². The van der Waals surface area contributed by atoms with Gasteiger partial charge in [0.05, 0.1) is 22.2 Å². The Morgan fingerprint density at radius 2 is 1.94 bits per heavy atom. The number of hydrogen-bond acceptors (Lipinski definition) is 6. The molecule has 4 N–H and O–H groups in total. The fourth-order valence-corrected chi connectivity index (χ4v) is 4.60. The minimum Gasteiger partial charge on any atom is -0.465 e. The first kappa shape index (κ1) is 23.7. The Bertz CT molecular complexity index is 975. The summed E-state index contributed by atoms with van der Waals surface area (Å²) in [6, 6.07) is 5.95. The van der Waals surface area contributed by atoms with E-state index in [9.17, 15) is 19.5 Å². The lowest BCUT2D eigenvalue weighted by Crippen LogP contribution is -2.55. The molecule has 2 heterocycles. The fraction of sp³-hybridized carbons (Fsp3) is 0.455. The number of aryl methyl sites for hydroxylation is 1. The van der Waals surface area contributed by atoms with Crippen molar-refractivity contribution in [3.05, 3.63) is 41.0 Å². The van der Waals surface area contributed by atoms with Crippen molar-refractivity contribution in [3.8, 4) is 10.4 Å². The lowest BCUT2D eigenvalue weighted by Gasteiger charge is -2.29. The van der Waals surface area contributed by atoms with Crippen molar-refractivity contribution in [2.75, 3.05) is 6.54 Å². The van der Waals surface area contributed by atoms with Crippen LogP contribution in [-0.2, 0) is 16.1 Å². The zero-order valence-corrected chi connectivity index (χ0v) is 19.1. The number of carbonyl (C=O) groups excluding carboxylic acids is 2. The van der Waals surface area contributed by atoms with Crippen molar-refractivity contribution < 1.29 is 24.6 Å². The number of β-amino-alcohol motifs (C(OH)–C–C–N with tert-alkyl or cyclic N) is 1. The number of carbonyl (C=O) groups is 3. The maximum atomic E-state index is 12.9. The number of likely N-dealkylation sites (tertiary alicyclic amines) is 1. The van der Waals surface area contributed by atoms with Gasteiger partial charge in [0.1, 0.15) is 12.1 Å². The van der Waals surface area contributed by atoms with Gasteiger partial charge in [-0.25, -0.2) is 9.78 Å². The second-order valence-electron chi connectivity index (χ2n) is 8.25. The number of aliphatic hydroxyl groups is 1. The summed E-state index contributed by atoms with van der Waals surface area (Å²) in [6.45, 7) is 5.66. The SMILES string of the molecule is Cc1ncsc1-c1ccc(CNC(=O)[C@@H]2C[C@@H](O)CN2C(=O)C(NC(=O)O)C(C)C)cc1. The van der Waals surface area contributed by atoms with Gasteiger partial charge in [-0.1, -0.05) is 38.1 Å². The minimum atomic E-state index is -1.31. The number of carboxylic acid groups (broad SMARTS) is 1. The maximum Gasteiger partial charge on any atom is 0.405 e. The first-order valence-electron chi connectivity index (χ1n) is 10.4. The van der Waals surface area contributed by atoms with Gasteiger partial charge in [0, 0.05) is 19.5 Å². The molecule has 1 aliphatic heterocycles. The van der Waals surface area contributed by atoms with Crippen LogP contribution in [0, 0.1) is 12.8 Å². The third-order valence-corrected chi connectivity index (χ3v) is 6.48. The van der Waals surface area contributed by atoms with E-state index < -0.39 is 30.2 Å². The Morgan fingerprint density at radius 1 is 1.25 bits per heavy atom. The Hall–Kier alpha value is -2.98. The van der Waals surface area contributed by atoms with Crippen LogP contribution in [-0.4, -0.2) is 62.7 Å². The first-order valence-corrected chi connectivity index (χ1v) is 11.3. The molecule has 0 aliphatic carbocycles. The van der Waals surface area contributed by atoms with Gasteiger partial charge in [0.25, 0.3) is 0 Å². The quantitative estimate of drug-likeness (QED) is 0.500. The number of thiazole rings is 1. The molecule has 9 nitrogen and oxygen atoms in total. The highest BCUT2D eigenvalue weighted by Gasteiger charge is 2.42. The monoisotopic (exact) mass is 460 g/mol. The molecule has 0 spiro atoms. The van der Waals surface area contributed by atoms with E-state index in [-0.39, 0.29) is 31.3 Å². The van der Waals surface area contributed by atoms with Crippen molar-refractivity contribution in [3.63, 3.8) is 0 Å². The fourth-order valence-electron chi connectivity index (χ4n) is 3.79. The zero-order valence-electron chi connectivity index (χ0n) is 18.2. The van der Waals surface area contributed by atoms with Crippen LogP contribution in [0.4, 0.5) is 4.79 Å². The average Bonchev–Trinajstić information content (AvgIpc) is 3.35. The molecule has 0 saturated carbocycles. The molecule has 3 amide bonds. The molecular formula is C22H28N4O5S. The molecule has 0 radical (unpaired) electrons. The number of nitrogens with one attached hydrogen (secondary N) is 2. The zero-order chi connectivity index (χ0) is 23.4. The predicted octanol–water partition coefficient (Wildman–Crippen LogP) is 1.99. The molecule has 1 unspecified atom stereocenters. The maximum absolute atomic E-state index is 12.9. The highest BCUT2D eigenvalue weighted by atomic mass is 32.1. The molecule has 172 valence electrons. The molecule has 1 fully saturated rings. The Balaban J connectivity index is 1.64. The largest absolute Gasteiger partial charge is 0.465 e. The van der Waals surface area contributed by atoms with Crippen LogP contribution in [0.15, 0.2) is 29.8 Å². The van der Waals surface area contributed by atoms with Crippen LogP contribution in [0.3, 0.4) is 0 Å². The van der Waals surface area contributed by atoms with E-state index in [4.69, 9.17) is 5.11 Å². The summed E-state index contributed by atoms with van der Waals surface area (Å²) in [5.74, 6) is -1.20. The van der Waals surface area contributed by atoms with Crippen molar-refractivity contribution in [1.82, 2.24) is 20.5 Å². The second-order valence-corrected chi connectivity index (χ2v) is 9.10. The van der Waals surface area contributed by atoms with E-state index in [1.807, 2.05) is 31.2 Å². The molecule has 1 saturated heterocycles. The third kappa shape index (κ3) is 5.43. The van der Waals surface area contributed by atoms with Gasteiger partial charge in [-0.2, -0.15) is 0 Å². The summed E-state index contributed by atoms with van der Waals surface area (Å²) in [6.07, 6.45) is -2.04. The van der Waals surface area contributed by atoms with Gasteiger partial charge in [-0.15, -0.1) is 11.3 Å². The summed E-state index contributed by atoms with van der Waals surface area (Å²) in [5.41, 5.74) is 4.73. The van der Waals surface area contributed by atoms with Gasteiger partial charge in [-0.3, -0.25) is 9.59 Å². The van der Waals surface area contributed by atoms with Crippen molar-refractivity contribution >= 4 is 29.2 Å². The number of aliphatic hydroxyl groups excluding tert-OH is 1. The number of aromatic nitrogens is 1. The van der Waals surface area contributed by atoms with Crippen LogP contribution >= 0.6 is 11.3 Å². The van der Waals surface area contributed by atoms with E-state index in [0.717, 1.165) is 21.7 Å². The molecule has 10 heteroatoms. The second kappa shape index (κ2) is 10.1. The molecule has 1 aromatic carbocycles. The molecule has 3 rings (SSSR count). The van der Waals surface area contributed by atoms with Crippen molar-refractivity contribution in [2.45, 2.75) is 51.9 Å². The van der Waals surface area contributed by atoms with Gasteiger partial charge in [0.2, 0.25) is 11.8 Å². The summed E-state index contributed by atoms with van der Waals surface area (Å²) >= 11 is 1.57. The number of nitrogens with zero attached hydrogens (tertiary/aromatic N) is 2. The highest BCUT2D eigenvalue weighted by Crippen LogP contribution is 2.27. The number of benzene rings is 1. The third-order valence-electron chi connectivity index (χ3n) is 5.50. The van der Waals surface area contributed by atoms with Crippen molar-refractivity contribution in [1.29, 1.82) is 0 Å². The van der Waals surface area contributed by atoms with Gasteiger partial charge < -0.3 is 25.7 Å². The van der Waals surface area contributed by atoms with Gasteiger partial charge >= 0.3 is 6.09 Å². The smallest absolute Gasteiger partial charge is 0.405 e. The molecule has 0 bridgehead atoms. The number of rotatable bonds is 7. The average molecular weight is 461 g/mol. The Kier molecular flexibility index (Phi) is 7.47. The lowest BCUT2D eigenvalue weighted by molar-refractivity contribution is -0.140. The summed E-state index contributed by atoms with van der Waals surface area (Å²) < 4.78 is 0. The molecule has 32 heavy (non-hydrogen) atoms. The van der Waals surface area contributed by atoms with E-state index >= 15 is 0 Å². The number of amides is 3. The first-order chi connectivity index (χ1) is 15.2. The van der Waals surface area contributed by atoms with Crippen LogP contribution in [0.5, 0.6) is 0 Å². The molecular weight excluding hydrogens is 432 g/mol. The summed E-state index contributed by atoms with van der Waals surface area (Å²) in [5, 5.41) is 24.2. The van der Waals surface area contributed by atoms with Crippen LogP contribution in [0.2, 0.25) is 0 Å². The highest BCUT2D eigenvalue weighted by molar-refractivity contribution is 7.13. The Labute approximate surface area is 190 Å². The molecule has 3 atom stereocenters. The normalized spacial score (nSPS) is 19.1. The molecule has 2 aromatic rings. The van der Waals surface area contributed by atoms with E-state index in [1.165, 1.54) is 4.90 Å². The van der Waals surface area contributed by atoms with Gasteiger partial charge in [0.15, 0.2) is 0 Å². The van der Waals surface area contributed by atoms with E-state index in [0.29, 0.717) is 0 Å². The lowest BCUT2D eigenvalue weighted by atomic mass is 10.0.